The predicted molar refractivity (Wildman–Crippen MR) is 78.2 cm³/mol. The molecule has 0 bridgehead atoms. The van der Waals surface area contributed by atoms with E-state index < -0.39 is 11.6 Å². The Balaban J connectivity index is 1.51. The summed E-state index contributed by atoms with van der Waals surface area (Å²) in [5, 5.41) is 0. The fraction of sp³-hybridized carbons (Fsp3) is 0.412. The summed E-state index contributed by atoms with van der Waals surface area (Å²) < 4.78 is 27.1. The highest BCUT2D eigenvalue weighted by Crippen LogP contribution is 2.38. The Kier molecular flexibility index (Phi) is 3.37. The van der Waals surface area contributed by atoms with Gasteiger partial charge in [-0.1, -0.05) is 12.1 Å². The molecular formula is C17H17F2N3. The summed E-state index contributed by atoms with van der Waals surface area (Å²) in [6, 6.07) is 4.34. The number of aromatic nitrogens is 2. The van der Waals surface area contributed by atoms with Gasteiger partial charge in [0.15, 0.2) is 11.6 Å². The van der Waals surface area contributed by atoms with Gasteiger partial charge in [0.1, 0.15) is 5.82 Å². The van der Waals surface area contributed by atoms with Crippen LogP contribution in [0.1, 0.15) is 41.4 Å². The fourth-order valence-electron chi connectivity index (χ4n) is 2.97. The number of nitrogens with zero attached hydrogens (tertiary/aromatic N) is 3. The summed E-state index contributed by atoms with van der Waals surface area (Å²) >= 11 is 0. The summed E-state index contributed by atoms with van der Waals surface area (Å²) in [5.74, 6) is 0.00837. The van der Waals surface area contributed by atoms with E-state index in [0.717, 1.165) is 36.1 Å². The highest BCUT2D eigenvalue weighted by molar-refractivity contribution is 5.24. The van der Waals surface area contributed by atoms with Crippen LogP contribution >= 0.6 is 0 Å². The van der Waals surface area contributed by atoms with Gasteiger partial charge >= 0.3 is 0 Å². The van der Waals surface area contributed by atoms with Crippen molar-refractivity contribution in [3.05, 3.63) is 58.7 Å². The zero-order chi connectivity index (χ0) is 15.1. The Morgan fingerprint density at radius 2 is 2.09 bits per heavy atom. The summed E-state index contributed by atoms with van der Waals surface area (Å²) in [7, 11) is 0. The van der Waals surface area contributed by atoms with Crippen molar-refractivity contribution in [2.45, 2.75) is 38.3 Å². The van der Waals surface area contributed by atoms with E-state index in [0.29, 0.717) is 24.6 Å². The number of hydrogen-bond acceptors (Lipinski definition) is 3. The molecule has 0 spiro atoms. The number of fused-ring (bicyclic) bond motifs is 1. The third-order valence-corrected chi connectivity index (χ3v) is 4.40. The molecule has 2 aromatic rings. The topological polar surface area (TPSA) is 29.0 Å². The van der Waals surface area contributed by atoms with Crippen molar-refractivity contribution in [1.82, 2.24) is 14.9 Å². The Morgan fingerprint density at radius 3 is 2.91 bits per heavy atom. The fourth-order valence-corrected chi connectivity index (χ4v) is 2.97. The van der Waals surface area contributed by atoms with Gasteiger partial charge in [0.2, 0.25) is 0 Å². The van der Waals surface area contributed by atoms with Crippen LogP contribution in [0.25, 0.3) is 0 Å². The molecule has 0 amide bonds. The smallest absolute Gasteiger partial charge is 0.163 e. The average molecular weight is 301 g/mol. The minimum atomic E-state index is -0.785. The van der Waals surface area contributed by atoms with Crippen LogP contribution in [0.5, 0.6) is 0 Å². The summed E-state index contributed by atoms with van der Waals surface area (Å²) in [5.41, 5.74) is 2.62. The van der Waals surface area contributed by atoms with Gasteiger partial charge in [-0.2, -0.15) is 0 Å². The highest BCUT2D eigenvalue weighted by atomic mass is 19.2. The van der Waals surface area contributed by atoms with Crippen LogP contribution in [0.2, 0.25) is 0 Å². The standard InChI is InChI=1S/C17H17F2N3/c18-14-3-1-2-12(16(14)19)9-22-7-6-15-13(10-22)8-20-17(21-15)11-4-5-11/h1-3,8,11H,4-7,9-10H2. The van der Waals surface area contributed by atoms with E-state index in [2.05, 4.69) is 14.9 Å². The first-order valence-corrected chi connectivity index (χ1v) is 7.70. The van der Waals surface area contributed by atoms with Gasteiger partial charge in [-0.05, 0) is 18.9 Å². The molecule has 0 N–H and O–H groups in total. The zero-order valence-electron chi connectivity index (χ0n) is 12.2. The van der Waals surface area contributed by atoms with Gasteiger partial charge in [0.05, 0.1) is 0 Å². The maximum Gasteiger partial charge on any atom is 0.163 e. The summed E-state index contributed by atoms with van der Waals surface area (Å²) in [6.07, 6.45) is 5.14. The lowest BCUT2D eigenvalue weighted by molar-refractivity contribution is 0.238. The summed E-state index contributed by atoms with van der Waals surface area (Å²) in [4.78, 5) is 11.2. The van der Waals surface area contributed by atoms with Crippen LogP contribution in [-0.4, -0.2) is 21.4 Å². The second-order valence-corrected chi connectivity index (χ2v) is 6.15. The molecule has 3 nitrogen and oxygen atoms in total. The number of rotatable bonds is 3. The Morgan fingerprint density at radius 1 is 1.23 bits per heavy atom. The van der Waals surface area contributed by atoms with Crippen LogP contribution in [0.15, 0.2) is 24.4 Å². The normalized spacial score (nSPS) is 18.3. The second-order valence-electron chi connectivity index (χ2n) is 6.15. The van der Waals surface area contributed by atoms with Gasteiger partial charge in [-0.25, -0.2) is 18.7 Å². The van der Waals surface area contributed by atoms with Crippen molar-refractivity contribution in [1.29, 1.82) is 0 Å². The lowest BCUT2D eigenvalue weighted by Gasteiger charge is -2.28. The molecule has 0 radical (unpaired) electrons. The Labute approximate surface area is 128 Å². The number of hydrogen-bond donors (Lipinski definition) is 0. The first-order valence-electron chi connectivity index (χ1n) is 7.70. The van der Waals surface area contributed by atoms with E-state index in [1.54, 1.807) is 12.1 Å². The third kappa shape index (κ3) is 2.61. The van der Waals surface area contributed by atoms with Crippen LogP contribution < -0.4 is 0 Å². The minimum Gasteiger partial charge on any atom is -0.294 e. The van der Waals surface area contributed by atoms with Gasteiger partial charge in [-0.15, -0.1) is 0 Å². The van der Waals surface area contributed by atoms with Crippen molar-refractivity contribution >= 4 is 0 Å². The summed E-state index contributed by atoms with van der Waals surface area (Å²) in [6.45, 7) is 1.91. The molecule has 2 heterocycles. The van der Waals surface area contributed by atoms with E-state index in [4.69, 9.17) is 0 Å². The molecule has 114 valence electrons. The van der Waals surface area contributed by atoms with E-state index in [9.17, 15) is 8.78 Å². The minimum absolute atomic E-state index is 0.402. The zero-order valence-corrected chi connectivity index (χ0v) is 12.2. The van der Waals surface area contributed by atoms with Crippen molar-refractivity contribution in [2.75, 3.05) is 6.54 Å². The monoisotopic (exact) mass is 301 g/mol. The van der Waals surface area contributed by atoms with Crippen LogP contribution in [0.4, 0.5) is 8.78 Å². The first-order chi connectivity index (χ1) is 10.7. The molecule has 1 aromatic heterocycles. The maximum atomic E-state index is 13.8. The van der Waals surface area contributed by atoms with Crippen LogP contribution in [0.3, 0.4) is 0 Å². The third-order valence-electron chi connectivity index (χ3n) is 4.40. The molecule has 0 unspecified atom stereocenters. The number of benzene rings is 1. The second kappa shape index (κ2) is 5.39. The van der Waals surface area contributed by atoms with Gasteiger partial charge < -0.3 is 0 Å². The van der Waals surface area contributed by atoms with Crippen molar-refractivity contribution in [3.8, 4) is 0 Å². The van der Waals surface area contributed by atoms with Gasteiger partial charge in [0, 0.05) is 55.0 Å². The molecule has 0 saturated heterocycles. The Bertz CT molecular complexity index is 713. The highest BCUT2D eigenvalue weighted by Gasteiger charge is 2.28. The molecule has 1 aliphatic carbocycles. The quantitative estimate of drug-likeness (QED) is 0.872. The molecular weight excluding hydrogens is 284 g/mol. The van der Waals surface area contributed by atoms with E-state index >= 15 is 0 Å². The van der Waals surface area contributed by atoms with Crippen LogP contribution in [-0.2, 0) is 19.5 Å². The molecule has 2 aliphatic rings. The molecule has 1 saturated carbocycles. The molecule has 22 heavy (non-hydrogen) atoms. The molecule has 5 heteroatoms. The molecule has 4 rings (SSSR count). The Hall–Kier alpha value is -1.88. The van der Waals surface area contributed by atoms with Crippen molar-refractivity contribution < 1.29 is 8.78 Å². The van der Waals surface area contributed by atoms with Crippen molar-refractivity contribution in [2.24, 2.45) is 0 Å². The van der Waals surface area contributed by atoms with E-state index in [1.807, 2.05) is 6.20 Å². The van der Waals surface area contributed by atoms with Crippen LogP contribution in [0, 0.1) is 11.6 Å². The lowest BCUT2D eigenvalue weighted by Crippen LogP contribution is -2.31. The molecule has 0 atom stereocenters. The largest absolute Gasteiger partial charge is 0.294 e. The average Bonchev–Trinajstić information content (AvgIpc) is 3.36. The maximum absolute atomic E-state index is 13.8. The number of halogens is 2. The van der Waals surface area contributed by atoms with E-state index in [-0.39, 0.29) is 0 Å². The molecule has 1 aromatic carbocycles. The first kappa shape index (κ1) is 13.8. The van der Waals surface area contributed by atoms with E-state index in [1.165, 1.54) is 12.8 Å². The van der Waals surface area contributed by atoms with Gasteiger partial charge in [0.25, 0.3) is 0 Å². The molecule has 1 aliphatic heterocycles. The SMILES string of the molecule is Fc1cccc(CN2CCc3nc(C4CC4)ncc3C2)c1F. The molecule has 1 fully saturated rings. The lowest BCUT2D eigenvalue weighted by atomic mass is 10.1. The van der Waals surface area contributed by atoms with Crippen molar-refractivity contribution in [3.63, 3.8) is 0 Å². The van der Waals surface area contributed by atoms with Gasteiger partial charge in [-0.3, -0.25) is 4.90 Å². The predicted octanol–water partition coefficient (Wildman–Crippen LogP) is 3.19.